The Morgan fingerprint density at radius 1 is 1.62 bits per heavy atom. The highest BCUT2D eigenvalue weighted by atomic mass is 15.1. The van der Waals surface area contributed by atoms with Crippen molar-refractivity contribution in [3.8, 4) is 0 Å². The number of hydrogen-bond donors (Lipinski definition) is 1. The summed E-state index contributed by atoms with van der Waals surface area (Å²) in [6.07, 6.45) is 4.46. The predicted octanol–water partition coefficient (Wildman–Crippen LogP) is 1.51. The molecule has 1 aliphatic carbocycles. The van der Waals surface area contributed by atoms with Crippen LogP contribution in [0, 0.1) is 5.92 Å². The summed E-state index contributed by atoms with van der Waals surface area (Å²) in [4.78, 5) is 6.26. The van der Waals surface area contributed by atoms with Crippen LogP contribution in [-0.4, -0.2) is 18.6 Å². The standard InChI is InChI=1S/C10H15N3/c1-13(7-8-4-5-8)9-3-2-6-12-10(9)11/h2-3,6,8H,4-5,7H2,1H3,(H2,11,12). The van der Waals surface area contributed by atoms with Gasteiger partial charge in [-0.1, -0.05) is 0 Å². The Bertz CT molecular complexity index is 294. The van der Waals surface area contributed by atoms with Gasteiger partial charge in [0.25, 0.3) is 0 Å². The first kappa shape index (κ1) is 8.35. The Kier molecular flexibility index (Phi) is 2.08. The van der Waals surface area contributed by atoms with Gasteiger partial charge in [0.05, 0.1) is 5.69 Å². The van der Waals surface area contributed by atoms with Gasteiger partial charge in [0.2, 0.25) is 0 Å². The van der Waals surface area contributed by atoms with E-state index in [1.165, 1.54) is 12.8 Å². The van der Waals surface area contributed by atoms with Crippen molar-refractivity contribution in [1.29, 1.82) is 0 Å². The first-order valence-corrected chi connectivity index (χ1v) is 4.69. The van der Waals surface area contributed by atoms with E-state index >= 15 is 0 Å². The maximum Gasteiger partial charge on any atom is 0.146 e. The maximum absolute atomic E-state index is 5.76. The molecule has 0 aromatic carbocycles. The summed E-state index contributed by atoms with van der Waals surface area (Å²) >= 11 is 0. The van der Waals surface area contributed by atoms with Gasteiger partial charge in [0.1, 0.15) is 5.82 Å². The molecule has 1 aromatic rings. The van der Waals surface area contributed by atoms with Crippen LogP contribution in [0.5, 0.6) is 0 Å². The van der Waals surface area contributed by atoms with Crippen molar-refractivity contribution in [3.05, 3.63) is 18.3 Å². The molecule has 1 heterocycles. The molecule has 70 valence electrons. The van der Waals surface area contributed by atoms with Crippen molar-refractivity contribution >= 4 is 11.5 Å². The largest absolute Gasteiger partial charge is 0.382 e. The molecule has 0 radical (unpaired) electrons. The molecule has 0 aliphatic heterocycles. The van der Waals surface area contributed by atoms with Crippen LogP contribution in [-0.2, 0) is 0 Å². The molecule has 0 saturated heterocycles. The number of anilines is 2. The van der Waals surface area contributed by atoms with Crippen molar-refractivity contribution in [2.45, 2.75) is 12.8 Å². The molecule has 1 aromatic heterocycles. The summed E-state index contributed by atoms with van der Waals surface area (Å²) in [5.41, 5.74) is 6.82. The lowest BCUT2D eigenvalue weighted by Crippen LogP contribution is -2.21. The minimum absolute atomic E-state index is 0.630. The lowest BCUT2D eigenvalue weighted by Gasteiger charge is -2.19. The zero-order chi connectivity index (χ0) is 9.26. The third-order valence-electron chi connectivity index (χ3n) is 2.46. The van der Waals surface area contributed by atoms with E-state index in [-0.39, 0.29) is 0 Å². The molecule has 0 amide bonds. The number of nitrogens with zero attached hydrogens (tertiary/aromatic N) is 2. The van der Waals surface area contributed by atoms with Crippen molar-refractivity contribution in [2.75, 3.05) is 24.2 Å². The maximum atomic E-state index is 5.76. The third-order valence-corrected chi connectivity index (χ3v) is 2.46. The molecule has 3 nitrogen and oxygen atoms in total. The fraction of sp³-hybridized carbons (Fsp3) is 0.500. The molecule has 0 unspecified atom stereocenters. The number of hydrogen-bond acceptors (Lipinski definition) is 3. The van der Waals surface area contributed by atoms with Gasteiger partial charge in [0.15, 0.2) is 0 Å². The summed E-state index contributed by atoms with van der Waals surface area (Å²) in [7, 11) is 2.08. The van der Waals surface area contributed by atoms with Gasteiger partial charge in [-0.05, 0) is 30.9 Å². The van der Waals surface area contributed by atoms with Crippen LogP contribution >= 0.6 is 0 Å². The fourth-order valence-corrected chi connectivity index (χ4v) is 1.52. The van der Waals surface area contributed by atoms with E-state index in [1.54, 1.807) is 6.20 Å². The van der Waals surface area contributed by atoms with E-state index in [2.05, 4.69) is 16.9 Å². The molecular weight excluding hydrogens is 162 g/mol. The van der Waals surface area contributed by atoms with Crippen molar-refractivity contribution < 1.29 is 0 Å². The summed E-state index contributed by atoms with van der Waals surface area (Å²) < 4.78 is 0. The molecule has 1 fully saturated rings. The minimum atomic E-state index is 0.630. The second-order valence-corrected chi connectivity index (χ2v) is 3.73. The Balaban J connectivity index is 2.09. The number of aromatic nitrogens is 1. The van der Waals surface area contributed by atoms with E-state index in [4.69, 9.17) is 5.73 Å². The second kappa shape index (κ2) is 3.24. The highest BCUT2D eigenvalue weighted by Gasteiger charge is 2.23. The van der Waals surface area contributed by atoms with Crippen LogP contribution in [0.2, 0.25) is 0 Å². The number of rotatable bonds is 3. The highest BCUT2D eigenvalue weighted by Crippen LogP contribution is 2.31. The Morgan fingerprint density at radius 2 is 2.38 bits per heavy atom. The molecule has 2 rings (SSSR count). The monoisotopic (exact) mass is 177 g/mol. The Morgan fingerprint density at radius 3 is 3.00 bits per heavy atom. The summed E-state index contributed by atoms with van der Waals surface area (Å²) in [5, 5.41) is 0. The van der Waals surface area contributed by atoms with Gasteiger partial charge in [-0.25, -0.2) is 4.98 Å². The number of pyridine rings is 1. The van der Waals surface area contributed by atoms with Crippen LogP contribution in [0.1, 0.15) is 12.8 Å². The average molecular weight is 177 g/mol. The number of nitrogen functional groups attached to an aromatic ring is 1. The molecule has 2 N–H and O–H groups in total. The predicted molar refractivity (Wildman–Crippen MR) is 54.6 cm³/mol. The SMILES string of the molecule is CN(CC1CC1)c1cccnc1N. The summed E-state index contributed by atoms with van der Waals surface area (Å²) in [6, 6.07) is 3.94. The third kappa shape index (κ3) is 1.91. The van der Waals surface area contributed by atoms with Crippen molar-refractivity contribution in [2.24, 2.45) is 5.92 Å². The molecule has 13 heavy (non-hydrogen) atoms. The van der Waals surface area contributed by atoms with E-state index in [1.807, 2.05) is 12.1 Å². The van der Waals surface area contributed by atoms with E-state index in [0.717, 1.165) is 18.2 Å². The molecule has 0 spiro atoms. The van der Waals surface area contributed by atoms with Crippen molar-refractivity contribution in [1.82, 2.24) is 4.98 Å². The van der Waals surface area contributed by atoms with Crippen LogP contribution < -0.4 is 10.6 Å². The summed E-state index contributed by atoms with van der Waals surface area (Å²) in [6.45, 7) is 1.11. The van der Waals surface area contributed by atoms with Crippen LogP contribution in [0.15, 0.2) is 18.3 Å². The average Bonchev–Trinajstić information content (AvgIpc) is 2.89. The quantitative estimate of drug-likeness (QED) is 0.761. The molecular formula is C10H15N3. The van der Waals surface area contributed by atoms with Gasteiger partial charge < -0.3 is 10.6 Å². The molecule has 0 bridgehead atoms. The van der Waals surface area contributed by atoms with Gasteiger partial charge in [-0.15, -0.1) is 0 Å². The smallest absolute Gasteiger partial charge is 0.146 e. The topological polar surface area (TPSA) is 42.2 Å². The lowest BCUT2D eigenvalue weighted by atomic mass is 10.3. The second-order valence-electron chi connectivity index (χ2n) is 3.73. The Hall–Kier alpha value is -1.25. The number of nitrogens with two attached hydrogens (primary N) is 1. The van der Waals surface area contributed by atoms with Crippen molar-refractivity contribution in [3.63, 3.8) is 0 Å². The van der Waals surface area contributed by atoms with Crippen LogP contribution in [0.3, 0.4) is 0 Å². The normalized spacial score (nSPS) is 15.8. The molecule has 3 heteroatoms. The first-order chi connectivity index (χ1) is 6.27. The first-order valence-electron chi connectivity index (χ1n) is 4.69. The van der Waals surface area contributed by atoms with Gasteiger partial charge in [0, 0.05) is 19.8 Å². The fourth-order valence-electron chi connectivity index (χ4n) is 1.52. The van der Waals surface area contributed by atoms with Crippen LogP contribution in [0.4, 0.5) is 11.5 Å². The lowest BCUT2D eigenvalue weighted by molar-refractivity contribution is 0.787. The molecule has 1 aliphatic rings. The van der Waals surface area contributed by atoms with E-state index in [0.29, 0.717) is 5.82 Å². The zero-order valence-corrected chi connectivity index (χ0v) is 7.90. The molecule has 1 saturated carbocycles. The van der Waals surface area contributed by atoms with E-state index < -0.39 is 0 Å². The van der Waals surface area contributed by atoms with Gasteiger partial charge >= 0.3 is 0 Å². The minimum Gasteiger partial charge on any atom is -0.382 e. The van der Waals surface area contributed by atoms with E-state index in [9.17, 15) is 0 Å². The Labute approximate surface area is 78.6 Å². The van der Waals surface area contributed by atoms with Gasteiger partial charge in [-0.2, -0.15) is 0 Å². The molecule has 0 atom stereocenters. The van der Waals surface area contributed by atoms with Crippen LogP contribution in [0.25, 0.3) is 0 Å². The summed E-state index contributed by atoms with van der Waals surface area (Å²) in [5.74, 6) is 1.51. The van der Waals surface area contributed by atoms with Gasteiger partial charge in [-0.3, -0.25) is 0 Å². The zero-order valence-electron chi connectivity index (χ0n) is 7.90. The highest BCUT2D eigenvalue weighted by molar-refractivity contribution is 5.62.